The zero-order chi connectivity index (χ0) is 23.6. The van der Waals surface area contributed by atoms with E-state index in [0.29, 0.717) is 27.5 Å². The number of rotatable bonds is 0. The van der Waals surface area contributed by atoms with Crippen LogP contribution < -0.4 is 0 Å². The summed E-state index contributed by atoms with van der Waals surface area (Å²) in [6.45, 7) is 10.6. The number of benzene rings is 1. The zero-order valence-corrected chi connectivity index (χ0v) is 19.6. The zero-order valence-electron chi connectivity index (χ0n) is 18.9. The number of pyridine rings is 1. The van der Waals surface area contributed by atoms with E-state index < -0.39 is 29.6 Å². The number of nitrogens with zero attached hydrogens (tertiary/aromatic N) is 3. The highest BCUT2D eigenvalue weighted by molar-refractivity contribution is 6.30. The average Bonchev–Trinajstić information content (AvgIpc) is 3.13. The highest BCUT2D eigenvalue weighted by Gasteiger charge is 2.41. The summed E-state index contributed by atoms with van der Waals surface area (Å²) in [6, 6.07) is 5.31. The third-order valence-corrected chi connectivity index (χ3v) is 5.22. The molecule has 9 heteroatoms. The highest BCUT2D eigenvalue weighted by Crippen LogP contribution is 2.43. The van der Waals surface area contributed by atoms with Crippen molar-refractivity contribution in [2.45, 2.75) is 65.5 Å². The summed E-state index contributed by atoms with van der Waals surface area (Å²) in [5, 5.41) is 13.5. The molecule has 1 aliphatic heterocycles. The number of amides is 1. The summed E-state index contributed by atoms with van der Waals surface area (Å²) >= 11 is 6.15. The molecule has 1 atom stereocenters. The van der Waals surface area contributed by atoms with E-state index in [1.165, 1.54) is 9.47 Å². The van der Waals surface area contributed by atoms with Crippen molar-refractivity contribution in [1.82, 2.24) is 14.5 Å². The first-order chi connectivity index (χ1) is 14.8. The van der Waals surface area contributed by atoms with Crippen LogP contribution >= 0.6 is 11.6 Å². The maximum Gasteiger partial charge on any atom is 0.419 e. The van der Waals surface area contributed by atoms with Crippen LogP contribution in [0.25, 0.3) is 21.7 Å². The molecule has 8 nitrogen and oxygen atoms in total. The van der Waals surface area contributed by atoms with E-state index in [1.54, 1.807) is 59.9 Å². The van der Waals surface area contributed by atoms with E-state index >= 15 is 0 Å². The second-order valence-electron chi connectivity index (χ2n) is 9.85. The lowest BCUT2D eigenvalue weighted by Gasteiger charge is -2.27. The van der Waals surface area contributed by atoms with E-state index in [0.717, 1.165) is 5.39 Å². The molecule has 170 valence electrons. The van der Waals surface area contributed by atoms with Crippen LogP contribution in [0.3, 0.4) is 0 Å². The molecule has 1 aromatic carbocycles. The summed E-state index contributed by atoms with van der Waals surface area (Å²) in [6.07, 6.45) is -0.931. The van der Waals surface area contributed by atoms with Crippen molar-refractivity contribution in [3.8, 4) is 0 Å². The predicted molar refractivity (Wildman–Crippen MR) is 121 cm³/mol. The summed E-state index contributed by atoms with van der Waals surface area (Å²) in [7, 11) is 0. The Labute approximate surface area is 190 Å². The number of ether oxygens (including phenoxy) is 2. The number of aliphatic hydroxyl groups is 1. The van der Waals surface area contributed by atoms with Gasteiger partial charge >= 0.3 is 12.2 Å². The lowest BCUT2D eigenvalue weighted by atomic mass is 10.1. The molecule has 0 aliphatic carbocycles. The molecule has 0 fully saturated rings. The third-order valence-electron chi connectivity index (χ3n) is 5.01. The van der Waals surface area contributed by atoms with E-state index in [1.807, 2.05) is 6.07 Å². The molecule has 1 amide bonds. The van der Waals surface area contributed by atoms with Gasteiger partial charge in [-0.05, 0) is 47.6 Å². The normalized spacial score (nSPS) is 16.5. The van der Waals surface area contributed by atoms with Crippen molar-refractivity contribution >= 4 is 45.5 Å². The van der Waals surface area contributed by atoms with Gasteiger partial charge in [0, 0.05) is 27.9 Å². The first kappa shape index (κ1) is 22.4. The smallest absolute Gasteiger partial charge is 0.419 e. The molecule has 2 aromatic heterocycles. The van der Waals surface area contributed by atoms with Crippen LogP contribution in [0.4, 0.5) is 9.59 Å². The molecule has 1 aliphatic rings. The summed E-state index contributed by atoms with van der Waals surface area (Å²) < 4.78 is 12.5. The van der Waals surface area contributed by atoms with Crippen LogP contribution in [-0.2, 0) is 16.0 Å². The Hall–Kier alpha value is -2.84. The van der Waals surface area contributed by atoms with Gasteiger partial charge in [0.15, 0.2) is 6.23 Å². The van der Waals surface area contributed by atoms with Crippen molar-refractivity contribution < 1.29 is 24.2 Å². The number of aliphatic hydroxyl groups excluding tert-OH is 1. The van der Waals surface area contributed by atoms with Gasteiger partial charge in [-0.2, -0.15) is 0 Å². The molecule has 0 bridgehead atoms. The summed E-state index contributed by atoms with van der Waals surface area (Å²) in [5.41, 5.74) is 0.00688. The number of halogens is 1. The SMILES string of the molecule is CC(C)(C)OC(=O)N1Cc2c(c3ccc4cnc(Cl)cc4c3n2C(=O)OC(C)(C)C)C1O. The molecule has 3 heterocycles. The molecule has 1 unspecified atom stereocenters. The first-order valence-corrected chi connectivity index (χ1v) is 10.7. The average molecular weight is 460 g/mol. The Morgan fingerprint density at radius 2 is 1.69 bits per heavy atom. The fourth-order valence-electron chi connectivity index (χ4n) is 3.89. The highest BCUT2D eigenvalue weighted by atomic mass is 35.5. The van der Waals surface area contributed by atoms with Crippen LogP contribution in [0.15, 0.2) is 24.4 Å². The molecule has 4 rings (SSSR count). The minimum absolute atomic E-state index is 0.0142. The molecule has 0 saturated carbocycles. The minimum Gasteiger partial charge on any atom is -0.444 e. The molecular formula is C23H26ClN3O5. The largest absolute Gasteiger partial charge is 0.444 e. The molecule has 0 spiro atoms. The number of hydrogen-bond donors (Lipinski definition) is 1. The maximum atomic E-state index is 13.3. The Bertz CT molecular complexity index is 1250. The standard InChI is InChI=1S/C23H26ClN3O5/c1-22(2,3)31-20(29)26-11-15-17(19(26)28)13-8-7-12-10-25-16(24)9-14(12)18(13)27(15)21(30)32-23(4,5)6/h7-10,19,28H,11H2,1-6H3. The summed E-state index contributed by atoms with van der Waals surface area (Å²) in [4.78, 5) is 31.4. The van der Waals surface area contributed by atoms with Crippen LogP contribution in [0, 0.1) is 0 Å². The lowest BCUT2D eigenvalue weighted by Crippen LogP contribution is -2.36. The quantitative estimate of drug-likeness (QED) is 0.454. The van der Waals surface area contributed by atoms with E-state index in [4.69, 9.17) is 21.1 Å². The first-order valence-electron chi connectivity index (χ1n) is 10.3. The van der Waals surface area contributed by atoms with Gasteiger partial charge in [0.2, 0.25) is 0 Å². The summed E-state index contributed by atoms with van der Waals surface area (Å²) in [5.74, 6) is 0. The number of carbonyl (C=O) groups excluding carboxylic acids is 2. The van der Waals surface area contributed by atoms with Crippen molar-refractivity contribution in [2.24, 2.45) is 0 Å². The topological polar surface area (TPSA) is 93.9 Å². The van der Waals surface area contributed by atoms with Crippen LogP contribution in [0.1, 0.15) is 59.0 Å². The van der Waals surface area contributed by atoms with Gasteiger partial charge in [0.1, 0.15) is 16.4 Å². The van der Waals surface area contributed by atoms with Gasteiger partial charge < -0.3 is 14.6 Å². The van der Waals surface area contributed by atoms with Crippen LogP contribution in [0.2, 0.25) is 5.15 Å². The maximum absolute atomic E-state index is 13.3. The minimum atomic E-state index is -1.28. The van der Waals surface area contributed by atoms with Gasteiger partial charge in [-0.3, -0.25) is 4.90 Å². The Morgan fingerprint density at radius 3 is 2.31 bits per heavy atom. The van der Waals surface area contributed by atoms with Gasteiger partial charge in [0.05, 0.1) is 17.8 Å². The van der Waals surface area contributed by atoms with Crippen molar-refractivity contribution in [2.75, 3.05) is 0 Å². The molecule has 1 N–H and O–H groups in total. The number of aromatic nitrogens is 2. The molecule has 0 saturated heterocycles. The van der Waals surface area contributed by atoms with E-state index in [9.17, 15) is 14.7 Å². The van der Waals surface area contributed by atoms with E-state index in [2.05, 4.69) is 4.98 Å². The monoisotopic (exact) mass is 459 g/mol. The predicted octanol–water partition coefficient (Wildman–Crippen LogP) is 5.37. The fraction of sp³-hybridized carbons (Fsp3) is 0.435. The second kappa shape index (κ2) is 7.35. The van der Waals surface area contributed by atoms with Gasteiger partial charge in [0.25, 0.3) is 0 Å². The Balaban J connectivity index is 1.94. The van der Waals surface area contributed by atoms with Crippen molar-refractivity contribution in [3.63, 3.8) is 0 Å². The Kier molecular flexibility index (Phi) is 5.14. The Morgan fingerprint density at radius 1 is 1.06 bits per heavy atom. The van der Waals surface area contributed by atoms with E-state index in [-0.39, 0.29) is 11.7 Å². The molecule has 32 heavy (non-hydrogen) atoms. The second-order valence-corrected chi connectivity index (χ2v) is 10.2. The number of hydrogen-bond acceptors (Lipinski definition) is 6. The van der Waals surface area contributed by atoms with Crippen molar-refractivity contribution in [3.05, 3.63) is 40.8 Å². The van der Waals surface area contributed by atoms with Crippen molar-refractivity contribution in [1.29, 1.82) is 0 Å². The number of fused-ring (bicyclic) bond motifs is 5. The molecular weight excluding hydrogens is 434 g/mol. The van der Waals surface area contributed by atoms with Gasteiger partial charge in [-0.1, -0.05) is 23.7 Å². The van der Waals surface area contributed by atoms with Crippen LogP contribution in [0.5, 0.6) is 0 Å². The van der Waals surface area contributed by atoms with Gasteiger partial charge in [-0.15, -0.1) is 0 Å². The number of carbonyl (C=O) groups is 2. The van der Waals surface area contributed by atoms with Crippen LogP contribution in [-0.4, -0.2) is 42.9 Å². The van der Waals surface area contributed by atoms with Gasteiger partial charge in [-0.25, -0.2) is 19.1 Å². The molecule has 3 aromatic rings. The lowest BCUT2D eigenvalue weighted by molar-refractivity contribution is -0.0257. The fourth-order valence-corrected chi connectivity index (χ4v) is 4.04. The third kappa shape index (κ3) is 3.89. The molecule has 0 radical (unpaired) electrons.